The molecule has 2 bridgehead atoms. The zero-order chi connectivity index (χ0) is 14.9. The topological polar surface area (TPSA) is 17.1 Å². The van der Waals surface area contributed by atoms with Crippen LogP contribution in [-0.4, -0.2) is 5.78 Å². The molecule has 3 unspecified atom stereocenters. The van der Waals surface area contributed by atoms with Gasteiger partial charge in [0.15, 0.2) is 0 Å². The van der Waals surface area contributed by atoms with Crippen molar-refractivity contribution in [3.63, 3.8) is 0 Å². The van der Waals surface area contributed by atoms with Crippen molar-refractivity contribution in [3.05, 3.63) is 59.2 Å². The average molecular weight is 288 g/mol. The number of carbonyl (C=O) groups is 1. The zero-order valence-electron chi connectivity index (χ0n) is 12.9. The zero-order valence-corrected chi connectivity index (χ0v) is 12.9. The maximum absolute atomic E-state index is 12.4. The van der Waals surface area contributed by atoms with E-state index in [1.54, 1.807) is 0 Å². The predicted octanol–water partition coefficient (Wildman–Crippen LogP) is 4.50. The molecule has 3 aliphatic rings. The maximum Gasteiger partial charge on any atom is 0.138 e. The minimum atomic E-state index is 0.0992. The number of fused-ring (bicyclic) bond motifs is 6. The van der Waals surface area contributed by atoms with Crippen molar-refractivity contribution in [1.82, 2.24) is 0 Å². The van der Waals surface area contributed by atoms with Gasteiger partial charge in [-0.15, -0.1) is 0 Å². The Labute approximate surface area is 131 Å². The second-order valence-electron chi connectivity index (χ2n) is 7.60. The van der Waals surface area contributed by atoms with Gasteiger partial charge in [0, 0.05) is 18.3 Å². The predicted molar refractivity (Wildman–Crippen MR) is 89.0 cm³/mol. The Balaban J connectivity index is 1.78. The third-order valence-corrected chi connectivity index (χ3v) is 6.16. The van der Waals surface area contributed by atoms with E-state index in [1.807, 2.05) is 0 Å². The molecular weight excluding hydrogens is 268 g/mol. The molecule has 0 amide bonds. The van der Waals surface area contributed by atoms with Crippen LogP contribution in [0.25, 0.3) is 10.8 Å². The summed E-state index contributed by atoms with van der Waals surface area (Å²) < 4.78 is 0. The number of hydrogen-bond donors (Lipinski definition) is 0. The molecule has 110 valence electrons. The highest BCUT2D eigenvalue weighted by Crippen LogP contribution is 2.57. The Kier molecular flexibility index (Phi) is 2.35. The summed E-state index contributed by atoms with van der Waals surface area (Å²) >= 11 is 0. The van der Waals surface area contributed by atoms with Gasteiger partial charge in [0.25, 0.3) is 0 Å². The van der Waals surface area contributed by atoms with Crippen molar-refractivity contribution in [2.75, 3.05) is 0 Å². The molecule has 0 heterocycles. The lowest BCUT2D eigenvalue weighted by atomic mass is 9.62. The first kappa shape index (κ1) is 12.6. The van der Waals surface area contributed by atoms with E-state index in [4.69, 9.17) is 0 Å². The SMILES string of the molecule is Cc1ccc2cc3c(cc2c1)C1(CC(=O)C3)CC2C=CC1C2. The van der Waals surface area contributed by atoms with E-state index in [-0.39, 0.29) is 5.41 Å². The van der Waals surface area contributed by atoms with Gasteiger partial charge in [-0.1, -0.05) is 48.0 Å². The molecule has 3 atom stereocenters. The van der Waals surface area contributed by atoms with Crippen LogP contribution < -0.4 is 0 Å². The van der Waals surface area contributed by atoms with Crippen molar-refractivity contribution in [3.8, 4) is 0 Å². The standard InChI is InChI=1S/C21H20O/c1-13-2-4-15-8-17-9-19(22)12-21(20(17)10-16(15)6-13)11-14-3-5-18(21)7-14/h2-6,8,10,14,18H,7,9,11-12H2,1H3. The fourth-order valence-corrected chi connectivity index (χ4v) is 5.26. The summed E-state index contributed by atoms with van der Waals surface area (Å²) in [6.45, 7) is 2.15. The van der Waals surface area contributed by atoms with Crippen LogP contribution in [0.1, 0.15) is 36.0 Å². The average Bonchev–Trinajstić information content (AvgIpc) is 3.07. The largest absolute Gasteiger partial charge is 0.299 e. The molecule has 0 N–H and O–H groups in total. The van der Waals surface area contributed by atoms with Crippen molar-refractivity contribution >= 4 is 16.6 Å². The minimum Gasteiger partial charge on any atom is -0.299 e. The van der Waals surface area contributed by atoms with E-state index < -0.39 is 0 Å². The van der Waals surface area contributed by atoms with Crippen LogP contribution in [0.5, 0.6) is 0 Å². The number of benzene rings is 2. The van der Waals surface area contributed by atoms with E-state index in [0.29, 0.717) is 24.0 Å². The molecule has 2 aromatic carbocycles. The summed E-state index contributed by atoms with van der Waals surface area (Å²) in [5.41, 5.74) is 4.17. The highest BCUT2D eigenvalue weighted by atomic mass is 16.1. The number of aryl methyl sites for hydroxylation is 1. The van der Waals surface area contributed by atoms with E-state index >= 15 is 0 Å². The van der Waals surface area contributed by atoms with Gasteiger partial charge in [-0.05, 0) is 53.5 Å². The van der Waals surface area contributed by atoms with Crippen LogP contribution in [0.4, 0.5) is 0 Å². The van der Waals surface area contributed by atoms with E-state index in [2.05, 4.69) is 49.4 Å². The first-order valence-corrected chi connectivity index (χ1v) is 8.38. The van der Waals surface area contributed by atoms with Crippen LogP contribution >= 0.6 is 0 Å². The fraction of sp³-hybridized carbons (Fsp3) is 0.381. The highest BCUT2D eigenvalue weighted by molar-refractivity contribution is 5.91. The lowest BCUT2D eigenvalue weighted by Gasteiger charge is -2.40. The molecule has 0 aliphatic heterocycles. The van der Waals surface area contributed by atoms with Crippen molar-refractivity contribution in [2.24, 2.45) is 11.8 Å². The number of carbonyl (C=O) groups excluding carboxylic acids is 1. The van der Waals surface area contributed by atoms with Crippen molar-refractivity contribution < 1.29 is 4.79 Å². The molecule has 1 fully saturated rings. The number of rotatable bonds is 0. The molecular formula is C21H20O. The molecule has 0 aromatic heterocycles. The normalized spacial score (nSPS) is 32.1. The second kappa shape index (κ2) is 4.10. The lowest BCUT2D eigenvalue weighted by Crippen LogP contribution is -2.38. The molecule has 1 spiro atoms. The van der Waals surface area contributed by atoms with Gasteiger partial charge >= 0.3 is 0 Å². The molecule has 1 nitrogen and oxygen atoms in total. The number of allylic oxidation sites excluding steroid dienone is 2. The molecule has 1 heteroatoms. The van der Waals surface area contributed by atoms with E-state index in [9.17, 15) is 4.79 Å². The molecule has 1 saturated carbocycles. The van der Waals surface area contributed by atoms with E-state index in [0.717, 1.165) is 6.42 Å². The summed E-state index contributed by atoms with van der Waals surface area (Å²) in [4.78, 5) is 12.4. The Morgan fingerprint density at radius 3 is 2.77 bits per heavy atom. The van der Waals surface area contributed by atoms with Gasteiger partial charge < -0.3 is 0 Å². The molecule has 2 aromatic rings. The van der Waals surface area contributed by atoms with Crippen LogP contribution in [0.15, 0.2) is 42.5 Å². The Hall–Kier alpha value is -1.89. The molecule has 5 rings (SSSR count). The highest BCUT2D eigenvalue weighted by Gasteiger charge is 2.52. The lowest BCUT2D eigenvalue weighted by molar-refractivity contribution is -0.120. The van der Waals surface area contributed by atoms with Gasteiger partial charge in [-0.2, -0.15) is 0 Å². The molecule has 22 heavy (non-hydrogen) atoms. The molecule has 3 aliphatic carbocycles. The smallest absolute Gasteiger partial charge is 0.138 e. The van der Waals surface area contributed by atoms with Gasteiger partial charge in [-0.3, -0.25) is 4.79 Å². The van der Waals surface area contributed by atoms with Gasteiger partial charge in [0.2, 0.25) is 0 Å². The Bertz CT molecular complexity index is 844. The Morgan fingerprint density at radius 1 is 1.09 bits per heavy atom. The number of ketones is 1. The van der Waals surface area contributed by atoms with Crippen LogP contribution in [-0.2, 0) is 16.6 Å². The quantitative estimate of drug-likeness (QED) is 0.652. The fourth-order valence-electron chi connectivity index (χ4n) is 5.26. The van der Waals surface area contributed by atoms with E-state index in [1.165, 1.54) is 40.3 Å². The van der Waals surface area contributed by atoms with Crippen LogP contribution in [0.3, 0.4) is 0 Å². The third kappa shape index (κ3) is 1.57. The van der Waals surface area contributed by atoms with Crippen molar-refractivity contribution in [2.45, 2.75) is 38.0 Å². The molecule has 0 radical (unpaired) electrons. The number of Topliss-reactive ketones (excluding diaryl/α,β-unsaturated/α-hetero) is 1. The Morgan fingerprint density at radius 2 is 2.00 bits per heavy atom. The molecule has 0 saturated heterocycles. The van der Waals surface area contributed by atoms with Gasteiger partial charge in [-0.25, -0.2) is 0 Å². The van der Waals surface area contributed by atoms with Gasteiger partial charge in [0.05, 0.1) is 0 Å². The number of hydrogen-bond acceptors (Lipinski definition) is 1. The van der Waals surface area contributed by atoms with Gasteiger partial charge in [0.1, 0.15) is 5.78 Å². The second-order valence-corrected chi connectivity index (χ2v) is 7.60. The first-order chi connectivity index (χ1) is 10.6. The maximum atomic E-state index is 12.4. The summed E-state index contributed by atoms with van der Waals surface area (Å²) in [5, 5.41) is 2.60. The summed E-state index contributed by atoms with van der Waals surface area (Å²) in [6, 6.07) is 11.3. The summed E-state index contributed by atoms with van der Waals surface area (Å²) in [6.07, 6.45) is 8.56. The summed E-state index contributed by atoms with van der Waals surface area (Å²) in [7, 11) is 0. The first-order valence-electron chi connectivity index (χ1n) is 8.38. The third-order valence-electron chi connectivity index (χ3n) is 6.16. The van der Waals surface area contributed by atoms with Crippen molar-refractivity contribution in [1.29, 1.82) is 0 Å². The monoisotopic (exact) mass is 288 g/mol. The van der Waals surface area contributed by atoms with Crippen LogP contribution in [0.2, 0.25) is 0 Å². The summed E-state index contributed by atoms with van der Waals surface area (Å²) in [5.74, 6) is 1.69. The minimum absolute atomic E-state index is 0.0992. The van der Waals surface area contributed by atoms with Crippen LogP contribution in [0, 0.1) is 18.8 Å².